The van der Waals surface area contributed by atoms with Gasteiger partial charge in [-0.15, -0.1) is 0 Å². The number of nitrogens with zero attached hydrogens (tertiary/aromatic N) is 1. The van der Waals surface area contributed by atoms with Crippen molar-refractivity contribution in [2.45, 2.75) is 60.9 Å². The zero-order chi connectivity index (χ0) is 19.4. The Morgan fingerprint density at radius 1 is 1.12 bits per heavy atom. The van der Waals surface area contributed by atoms with E-state index in [1.165, 1.54) is 0 Å². The number of amides is 1. The molecule has 1 amide bonds. The molecular weight excluding hydrogens is 324 g/mol. The summed E-state index contributed by atoms with van der Waals surface area (Å²) in [6.07, 6.45) is 1.65. The van der Waals surface area contributed by atoms with Crippen molar-refractivity contribution in [2.75, 3.05) is 5.32 Å². The summed E-state index contributed by atoms with van der Waals surface area (Å²) in [5, 5.41) is 3.03. The summed E-state index contributed by atoms with van der Waals surface area (Å²) in [4.78, 5) is 25.6. The van der Waals surface area contributed by atoms with Crippen LogP contribution in [0.3, 0.4) is 0 Å². The van der Waals surface area contributed by atoms with Crippen LogP contribution in [0.25, 0.3) is 0 Å². The molecule has 0 fully saturated rings. The van der Waals surface area contributed by atoms with Gasteiger partial charge in [-0.1, -0.05) is 45.9 Å². The van der Waals surface area contributed by atoms with Crippen LogP contribution >= 0.6 is 0 Å². The molecule has 0 aliphatic rings. The second kappa shape index (κ2) is 8.35. The van der Waals surface area contributed by atoms with Crippen molar-refractivity contribution in [3.63, 3.8) is 0 Å². The number of aryl methyl sites for hydroxylation is 3. The predicted octanol–water partition coefficient (Wildman–Crippen LogP) is 4.50. The molecule has 0 atom stereocenters. The molecule has 2 aromatic rings. The molecule has 4 nitrogen and oxygen atoms in total. The molecule has 0 bridgehead atoms. The third kappa shape index (κ3) is 4.06. The van der Waals surface area contributed by atoms with E-state index in [1.54, 1.807) is 6.07 Å². The number of pyridine rings is 1. The Morgan fingerprint density at radius 2 is 1.69 bits per heavy atom. The van der Waals surface area contributed by atoms with Crippen LogP contribution in [-0.4, -0.2) is 10.5 Å². The largest absolute Gasteiger partial charge is 0.348 e. The van der Waals surface area contributed by atoms with Crippen molar-refractivity contribution >= 4 is 11.6 Å². The Bertz CT molecular complexity index is 841. The minimum atomic E-state index is -0.319. The van der Waals surface area contributed by atoms with Gasteiger partial charge in [0.2, 0.25) is 0 Å². The number of aromatic nitrogens is 1. The summed E-state index contributed by atoms with van der Waals surface area (Å²) in [5.41, 5.74) is 4.66. The van der Waals surface area contributed by atoms with Gasteiger partial charge in [0.1, 0.15) is 5.56 Å². The Morgan fingerprint density at radius 3 is 2.19 bits per heavy atom. The molecule has 1 aromatic heterocycles. The van der Waals surface area contributed by atoms with Crippen molar-refractivity contribution < 1.29 is 4.79 Å². The fraction of sp³-hybridized carbons (Fsp3) is 0.455. The molecule has 4 heteroatoms. The first-order valence-corrected chi connectivity index (χ1v) is 9.43. The van der Waals surface area contributed by atoms with Crippen LogP contribution in [0.1, 0.15) is 60.6 Å². The molecule has 1 N–H and O–H groups in total. The maximum atomic E-state index is 13.0. The summed E-state index contributed by atoms with van der Waals surface area (Å²) in [7, 11) is 0. The third-order valence-corrected chi connectivity index (χ3v) is 4.79. The number of hydrogen-bond donors (Lipinski definition) is 1. The van der Waals surface area contributed by atoms with E-state index in [0.717, 1.165) is 47.6 Å². The van der Waals surface area contributed by atoms with Gasteiger partial charge in [0.15, 0.2) is 5.43 Å². The van der Waals surface area contributed by atoms with E-state index in [4.69, 9.17) is 0 Å². The number of benzene rings is 1. The van der Waals surface area contributed by atoms with Crippen LogP contribution < -0.4 is 10.7 Å². The Balaban J connectivity index is 2.51. The second-order valence-electron chi connectivity index (χ2n) is 7.23. The molecule has 0 unspecified atom stereocenters. The third-order valence-electron chi connectivity index (χ3n) is 4.79. The van der Waals surface area contributed by atoms with Gasteiger partial charge in [-0.3, -0.25) is 9.59 Å². The average Bonchev–Trinajstić information content (AvgIpc) is 2.58. The smallest absolute Gasteiger partial charge is 0.261 e. The zero-order valence-corrected chi connectivity index (χ0v) is 16.8. The van der Waals surface area contributed by atoms with Crippen LogP contribution in [0, 0.1) is 19.8 Å². The van der Waals surface area contributed by atoms with Crippen molar-refractivity contribution in [3.05, 3.63) is 62.6 Å². The van der Waals surface area contributed by atoms with Crippen molar-refractivity contribution in [2.24, 2.45) is 5.92 Å². The monoisotopic (exact) mass is 354 g/mol. The van der Waals surface area contributed by atoms with E-state index in [0.29, 0.717) is 5.92 Å². The lowest BCUT2D eigenvalue weighted by atomic mass is 10.0. The lowest BCUT2D eigenvalue weighted by molar-refractivity contribution is 0.102. The molecule has 0 radical (unpaired) electrons. The standard InChI is InChI=1S/C22H30N2O2/c1-7-17-10-9-11-18(8-2)21(17)23-22(26)20-16(6)24(13-14(3)4)15(5)12-19(20)25/h9-12,14H,7-8,13H2,1-6H3,(H,23,26). The highest BCUT2D eigenvalue weighted by Crippen LogP contribution is 2.23. The summed E-state index contributed by atoms with van der Waals surface area (Å²) in [5.74, 6) is 0.110. The predicted molar refractivity (Wildman–Crippen MR) is 108 cm³/mol. The summed E-state index contributed by atoms with van der Waals surface area (Å²) >= 11 is 0. The fourth-order valence-electron chi connectivity index (χ4n) is 3.42. The van der Waals surface area contributed by atoms with Crippen molar-refractivity contribution in [1.82, 2.24) is 4.57 Å². The second-order valence-corrected chi connectivity index (χ2v) is 7.23. The SMILES string of the molecule is CCc1cccc(CC)c1NC(=O)c1c(C)n(CC(C)C)c(C)cc1=O. The topological polar surface area (TPSA) is 51.1 Å². The number of para-hydroxylation sites is 1. The van der Waals surface area contributed by atoms with Crippen LogP contribution in [0.5, 0.6) is 0 Å². The highest BCUT2D eigenvalue weighted by Gasteiger charge is 2.19. The highest BCUT2D eigenvalue weighted by atomic mass is 16.2. The summed E-state index contributed by atoms with van der Waals surface area (Å²) in [6, 6.07) is 7.62. The molecule has 2 rings (SSSR count). The van der Waals surface area contributed by atoms with Gasteiger partial charge in [0.25, 0.3) is 5.91 Å². The Hall–Kier alpha value is -2.36. The van der Waals surface area contributed by atoms with Gasteiger partial charge in [-0.2, -0.15) is 0 Å². The van der Waals surface area contributed by atoms with E-state index in [-0.39, 0.29) is 16.9 Å². The fourth-order valence-corrected chi connectivity index (χ4v) is 3.42. The number of nitrogens with one attached hydrogen (secondary N) is 1. The van der Waals surface area contributed by atoms with E-state index >= 15 is 0 Å². The summed E-state index contributed by atoms with van der Waals surface area (Å²) in [6.45, 7) is 12.9. The maximum Gasteiger partial charge on any atom is 0.261 e. The molecular formula is C22H30N2O2. The van der Waals surface area contributed by atoms with E-state index in [1.807, 2.05) is 32.0 Å². The summed E-state index contributed by atoms with van der Waals surface area (Å²) < 4.78 is 2.06. The minimum Gasteiger partial charge on any atom is -0.348 e. The zero-order valence-electron chi connectivity index (χ0n) is 16.8. The van der Waals surface area contributed by atoms with Gasteiger partial charge in [0, 0.05) is 29.7 Å². The molecule has 140 valence electrons. The highest BCUT2D eigenvalue weighted by molar-refractivity contribution is 6.05. The quantitative estimate of drug-likeness (QED) is 0.830. The number of rotatable bonds is 6. The molecule has 0 aliphatic heterocycles. The first kappa shape index (κ1) is 20.0. The maximum absolute atomic E-state index is 13.0. The molecule has 0 aliphatic carbocycles. The lowest BCUT2D eigenvalue weighted by Crippen LogP contribution is -2.28. The molecule has 0 spiro atoms. The van der Waals surface area contributed by atoms with Crippen LogP contribution in [0.2, 0.25) is 0 Å². The molecule has 0 saturated carbocycles. The molecule has 1 aromatic carbocycles. The van der Waals surface area contributed by atoms with Crippen LogP contribution in [0.15, 0.2) is 29.1 Å². The number of carbonyl (C=O) groups excluding carboxylic acids is 1. The molecule has 0 saturated heterocycles. The Labute approximate surface area is 156 Å². The first-order valence-electron chi connectivity index (χ1n) is 9.43. The lowest BCUT2D eigenvalue weighted by Gasteiger charge is -2.20. The van der Waals surface area contributed by atoms with Gasteiger partial charge in [-0.25, -0.2) is 0 Å². The first-order chi connectivity index (χ1) is 12.3. The van der Waals surface area contributed by atoms with Gasteiger partial charge < -0.3 is 9.88 Å². The molecule has 1 heterocycles. The van der Waals surface area contributed by atoms with Gasteiger partial charge >= 0.3 is 0 Å². The number of anilines is 1. The van der Waals surface area contributed by atoms with Crippen LogP contribution in [0.4, 0.5) is 5.69 Å². The van der Waals surface area contributed by atoms with Gasteiger partial charge in [-0.05, 0) is 43.7 Å². The Kier molecular flexibility index (Phi) is 6.41. The van der Waals surface area contributed by atoms with Crippen LogP contribution in [-0.2, 0) is 19.4 Å². The van der Waals surface area contributed by atoms with E-state index in [2.05, 4.69) is 37.6 Å². The van der Waals surface area contributed by atoms with Crippen molar-refractivity contribution in [1.29, 1.82) is 0 Å². The number of hydrogen-bond acceptors (Lipinski definition) is 2. The molecule has 26 heavy (non-hydrogen) atoms. The minimum absolute atomic E-state index is 0.218. The van der Waals surface area contributed by atoms with E-state index < -0.39 is 0 Å². The van der Waals surface area contributed by atoms with Gasteiger partial charge in [0.05, 0.1) is 0 Å². The average molecular weight is 354 g/mol. The number of carbonyl (C=O) groups is 1. The normalized spacial score (nSPS) is 11.0. The van der Waals surface area contributed by atoms with E-state index in [9.17, 15) is 9.59 Å². The van der Waals surface area contributed by atoms with Crippen molar-refractivity contribution in [3.8, 4) is 0 Å².